The van der Waals surface area contributed by atoms with Crippen molar-refractivity contribution in [3.8, 4) is 50.6 Å². The van der Waals surface area contributed by atoms with Gasteiger partial charge in [0.05, 0.1) is 41.0 Å². The van der Waals surface area contributed by atoms with Gasteiger partial charge < -0.3 is 9.80 Å². The van der Waals surface area contributed by atoms with Crippen molar-refractivity contribution < 1.29 is 8.78 Å². The van der Waals surface area contributed by atoms with E-state index >= 15 is 8.78 Å². The third-order valence-corrected chi connectivity index (χ3v) is 17.5. The summed E-state index contributed by atoms with van der Waals surface area (Å²) < 4.78 is 36.8. The van der Waals surface area contributed by atoms with Crippen LogP contribution in [0.4, 0.5) is 48.6 Å². The second-order valence-electron chi connectivity index (χ2n) is 27.6. The molecule has 12 aromatic carbocycles. The average Bonchev–Trinajstić information content (AvgIpc) is 0.805. The Bertz CT molecular complexity index is 4390. The second-order valence-corrected chi connectivity index (χ2v) is 27.6. The Morgan fingerprint density at radius 3 is 1.00 bits per heavy atom. The van der Waals surface area contributed by atoms with Crippen molar-refractivity contribution in [2.75, 3.05) is 9.80 Å². The molecule has 0 radical (unpaired) electrons. The van der Waals surface area contributed by atoms with E-state index in [0.717, 1.165) is 88.2 Å². The second kappa shape index (κ2) is 22.1. The summed E-state index contributed by atoms with van der Waals surface area (Å²) in [5, 5.41) is 15.7. The van der Waals surface area contributed by atoms with Crippen LogP contribution in [0.5, 0.6) is 0 Å². The van der Waals surface area contributed by atoms with Gasteiger partial charge in [-0.15, -0.1) is 0 Å². The lowest BCUT2D eigenvalue weighted by Gasteiger charge is -2.32. The average molecular weight is 1150 g/mol. The van der Waals surface area contributed by atoms with Crippen molar-refractivity contribution in [2.24, 2.45) is 0 Å². The van der Waals surface area contributed by atoms with E-state index in [2.05, 4.69) is 252 Å². The molecule has 12 rings (SSSR count). The van der Waals surface area contributed by atoms with Gasteiger partial charge in [0.1, 0.15) is 11.6 Å². The summed E-state index contributed by atoms with van der Waals surface area (Å²) in [6.07, 6.45) is 0. The zero-order chi connectivity index (χ0) is 62.2. The topological polar surface area (TPSA) is 34.6 Å². The lowest BCUT2D eigenvalue weighted by molar-refractivity contribution is 0.590. The Labute approximate surface area is 517 Å². The Balaban J connectivity index is 1.11. The first-order chi connectivity index (χ1) is 41.9. The monoisotopic (exact) mass is 1150 g/mol. The van der Waals surface area contributed by atoms with Crippen LogP contribution in [0, 0.1) is 29.5 Å². The minimum atomic E-state index is -0.414. The summed E-state index contributed by atoms with van der Waals surface area (Å²) in [7, 11) is 0. The van der Waals surface area contributed by atoms with E-state index in [-0.39, 0.29) is 21.7 Å². The van der Waals surface area contributed by atoms with Crippen molar-refractivity contribution in [2.45, 2.75) is 105 Å². The number of halogens is 2. The summed E-state index contributed by atoms with van der Waals surface area (Å²) in [5.74, 6) is -0.824. The maximum absolute atomic E-state index is 18.4. The minimum Gasteiger partial charge on any atom is -0.307 e. The van der Waals surface area contributed by atoms with Crippen LogP contribution in [0.15, 0.2) is 218 Å². The van der Waals surface area contributed by atoms with Gasteiger partial charge >= 0.3 is 0 Å². The summed E-state index contributed by atoms with van der Waals surface area (Å²) in [6.45, 7) is 34.2. The Morgan fingerprint density at radius 1 is 0.364 bits per heavy atom. The van der Waals surface area contributed by atoms with Gasteiger partial charge in [0.25, 0.3) is 0 Å². The molecule has 0 amide bonds. The highest BCUT2D eigenvalue weighted by Crippen LogP contribution is 2.52. The molecule has 0 saturated carbocycles. The van der Waals surface area contributed by atoms with E-state index in [1.165, 1.54) is 11.1 Å². The molecule has 0 aliphatic heterocycles. The zero-order valence-corrected chi connectivity index (χ0v) is 52.3. The van der Waals surface area contributed by atoms with Crippen molar-refractivity contribution in [3.63, 3.8) is 0 Å². The first kappa shape index (κ1) is 58.5. The Hall–Kier alpha value is -9.88. The molecule has 0 bridgehead atoms. The third kappa shape index (κ3) is 10.9. The maximum Gasteiger partial charge on any atom is 0.187 e. The third-order valence-electron chi connectivity index (χ3n) is 17.5. The molecular formula is C82H72F2N4. The molecule has 0 aliphatic rings. The van der Waals surface area contributed by atoms with Crippen molar-refractivity contribution >= 4 is 72.1 Å². The van der Waals surface area contributed by atoms with E-state index in [0.29, 0.717) is 45.1 Å². The van der Waals surface area contributed by atoms with E-state index < -0.39 is 11.6 Å². The highest BCUT2D eigenvalue weighted by Gasteiger charge is 2.30. The molecule has 434 valence electrons. The SMILES string of the molecule is [C-]#[N+]c1ccc(N(c2c(F)cc(-c3ccc(C(C)(C)C)cc3)cc2-c2ccc(C(C)(C)C)cc2)c2ccc3ccc4c(N(c5ccc(C#N)cc5)c5c(F)cc(-c6ccc(C(C)(C)C)cc6)cc5-c5ccc(C(C)(C)C)cc5)ccc5ccc2c3c54)cc1. The van der Waals surface area contributed by atoms with Crippen LogP contribution in [-0.2, 0) is 21.7 Å². The number of benzene rings is 12. The van der Waals surface area contributed by atoms with Crippen molar-refractivity contribution in [1.29, 1.82) is 5.26 Å². The smallest absolute Gasteiger partial charge is 0.187 e. The summed E-state index contributed by atoms with van der Waals surface area (Å²) in [6, 6.07) is 75.2. The van der Waals surface area contributed by atoms with Gasteiger partial charge in [-0.1, -0.05) is 229 Å². The molecule has 0 fully saturated rings. The summed E-state index contributed by atoms with van der Waals surface area (Å²) in [4.78, 5) is 7.79. The highest BCUT2D eigenvalue weighted by atomic mass is 19.1. The van der Waals surface area contributed by atoms with Gasteiger partial charge in [0, 0.05) is 33.3 Å². The van der Waals surface area contributed by atoms with Gasteiger partial charge in [0.15, 0.2) is 5.69 Å². The minimum absolute atomic E-state index is 0.0587. The normalized spacial score (nSPS) is 12.2. The van der Waals surface area contributed by atoms with Gasteiger partial charge in [0.2, 0.25) is 0 Å². The first-order valence-corrected chi connectivity index (χ1v) is 30.3. The van der Waals surface area contributed by atoms with Crippen molar-refractivity contribution in [1.82, 2.24) is 0 Å². The molecule has 0 unspecified atom stereocenters. The molecule has 88 heavy (non-hydrogen) atoms. The standard InChI is InChI=1S/C82H72F2N4/c1-79(2,3)60-28-16-52(17-29-60)58-46-69(54-20-32-62(33-21-54)81(7,8)9)77(71(83)48-58)87(65-38-14-51(50-85)15-39-65)73-44-26-56-25-43-68-74(45-27-57-24-42-67(73)75(56)76(57)68)88(66-40-36-64(86-13)37-41-66)78-70(55-22-34-63(35-23-55)82(10,11)12)47-59(49-72(78)84)53-18-30-61(31-19-53)80(4,5)6/h14-49H,1-12H3. The number of nitrogens with zero attached hydrogens (tertiary/aromatic N) is 4. The predicted molar refractivity (Wildman–Crippen MR) is 367 cm³/mol. The molecule has 12 aromatic rings. The predicted octanol–water partition coefficient (Wildman–Crippen LogP) is 24.1. The van der Waals surface area contributed by atoms with E-state index in [4.69, 9.17) is 6.57 Å². The van der Waals surface area contributed by atoms with E-state index in [1.807, 2.05) is 34.1 Å². The number of hydrogen-bond donors (Lipinski definition) is 0. The number of hydrogen-bond acceptors (Lipinski definition) is 3. The molecule has 0 aromatic heterocycles. The zero-order valence-electron chi connectivity index (χ0n) is 52.3. The molecular weight excluding hydrogens is 1080 g/mol. The molecule has 6 heteroatoms. The van der Waals surface area contributed by atoms with E-state index in [9.17, 15) is 5.26 Å². The molecule has 0 saturated heterocycles. The summed E-state index contributed by atoms with van der Waals surface area (Å²) >= 11 is 0. The van der Waals surface area contributed by atoms with Crippen LogP contribution < -0.4 is 9.80 Å². The van der Waals surface area contributed by atoms with Crippen molar-refractivity contribution in [3.05, 3.63) is 269 Å². The molecule has 0 heterocycles. The lowest BCUT2D eigenvalue weighted by Crippen LogP contribution is -2.15. The van der Waals surface area contributed by atoms with Crippen LogP contribution >= 0.6 is 0 Å². The van der Waals surface area contributed by atoms with Gasteiger partial charge in [-0.05, 0) is 172 Å². The van der Waals surface area contributed by atoms with Gasteiger partial charge in [-0.2, -0.15) is 5.26 Å². The van der Waals surface area contributed by atoms with Gasteiger partial charge in [-0.3, -0.25) is 0 Å². The summed E-state index contributed by atoms with van der Waals surface area (Å²) in [5.41, 5.74) is 15.3. The van der Waals surface area contributed by atoms with Crippen LogP contribution in [0.2, 0.25) is 0 Å². The van der Waals surface area contributed by atoms with Crippen LogP contribution in [0.1, 0.15) is 111 Å². The Morgan fingerprint density at radius 2 is 0.682 bits per heavy atom. The molecule has 0 aliphatic carbocycles. The van der Waals surface area contributed by atoms with Crippen LogP contribution in [0.25, 0.3) is 81.7 Å². The molecule has 0 N–H and O–H groups in total. The highest BCUT2D eigenvalue weighted by molar-refractivity contribution is 6.28. The Kier molecular flexibility index (Phi) is 14.7. The van der Waals surface area contributed by atoms with Gasteiger partial charge in [-0.25, -0.2) is 13.6 Å². The quantitative estimate of drug-likeness (QED) is 0.101. The maximum atomic E-state index is 18.4. The fraction of sp³-hybridized carbons (Fsp3) is 0.195. The number of rotatable bonds is 10. The molecule has 4 nitrogen and oxygen atoms in total. The first-order valence-electron chi connectivity index (χ1n) is 30.3. The van der Waals surface area contributed by atoms with Crippen LogP contribution in [0.3, 0.4) is 0 Å². The molecule has 0 atom stereocenters. The largest absolute Gasteiger partial charge is 0.307 e. The van der Waals surface area contributed by atoms with Crippen LogP contribution in [-0.4, -0.2) is 0 Å². The molecule has 0 spiro atoms. The van der Waals surface area contributed by atoms with E-state index in [1.54, 1.807) is 36.4 Å². The fourth-order valence-electron chi connectivity index (χ4n) is 12.3. The fourth-order valence-corrected chi connectivity index (χ4v) is 12.3. The number of nitriles is 1. The number of anilines is 6. The lowest BCUT2D eigenvalue weighted by atomic mass is 9.85.